The van der Waals surface area contributed by atoms with Gasteiger partial charge in [0.25, 0.3) is 0 Å². The molecule has 0 amide bonds. The third kappa shape index (κ3) is 7.37. The fraction of sp³-hybridized carbons (Fsp3) is 0.636. The molecule has 2 unspecified atom stereocenters. The van der Waals surface area contributed by atoms with Gasteiger partial charge < -0.3 is 5.73 Å². The molecule has 0 aromatic carbocycles. The summed E-state index contributed by atoms with van der Waals surface area (Å²) in [7, 11) is 0. The second-order valence-corrected chi connectivity index (χ2v) is 3.29. The van der Waals surface area contributed by atoms with E-state index in [0.29, 0.717) is 12.0 Å². The first-order valence-corrected chi connectivity index (χ1v) is 4.51. The molecule has 0 saturated heterocycles. The zero-order valence-corrected chi connectivity index (χ0v) is 8.30. The molecule has 0 aromatic heterocycles. The van der Waals surface area contributed by atoms with Crippen LogP contribution in [-0.4, -0.2) is 6.04 Å². The average molecular weight is 165 g/mol. The molecule has 68 valence electrons. The van der Waals surface area contributed by atoms with E-state index in [1.165, 1.54) is 0 Å². The second kappa shape index (κ2) is 6.94. The third-order valence-electron chi connectivity index (χ3n) is 1.73. The molecule has 0 aromatic rings. The van der Waals surface area contributed by atoms with Crippen molar-refractivity contribution < 1.29 is 0 Å². The smallest absolute Gasteiger partial charge is 0.00106 e. The molecule has 0 spiro atoms. The number of hydrogen-bond acceptors (Lipinski definition) is 1. The molecule has 1 heteroatoms. The Kier molecular flexibility index (Phi) is 6.51. The molecule has 0 bridgehead atoms. The van der Waals surface area contributed by atoms with Crippen LogP contribution in [0.3, 0.4) is 0 Å². The molecule has 0 aliphatic rings. The van der Waals surface area contributed by atoms with Crippen LogP contribution in [0.25, 0.3) is 0 Å². The SMILES string of the molecule is CC#CC=CC(C)CCC(C)N. The van der Waals surface area contributed by atoms with Crippen LogP contribution in [-0.2, 0) is 0 Å². The fourth-order valence-corrected chi connectivity index (χ4v) is 0.918. The monoisotopic (exact) mass is 165 g/mol. The summed E-state index contributed by atoms with van der Waals surface area (Å²) in [5.74, 6) is 6.33. The third-order valence-corrected chi connectivity index (χ3v) is 1.73. The van der Waals surface area contributed by atoms with Gasteiger partial charge in [-0.25, -0.2) is 0 Å². The van der Waals surface area contributed by atoms with Gasteiger partial charge in [0.2, 0.25) is 0 Å². The highest BCUT2D eigenvalue weighted by Crippen LogP contribution is 2.07. The van der Waals surface area contributed by atoms with Crippen LogP contribution in [0.1, 0.15) is 33.6 Å². The fourth-order valence-electron chi connectivity index (χ4n) is 0.918. The maximum absolute atomic E-state index is 5.64. The van der Waals surface area contributed by atoms with E-state index in [4.69, 9.17) is 5.73 Å². The van der Waals surface area contributed by atoms with Crippen molar-refractivity contribution in [2.24, 2.45) is 11.7 Å². The summed E-state index contributed by atoms with van der Waals surface area (Å²) in [5, 5.41) is 0. The first kappa shape index (κ1) is 11.3. The van der Waals surface area contributed by atoms with Gasteiger partial charge in [0.1, 0.15) is 0 Å². The molecule has 1 nitrogen and oxygen atoms in total. The van der Waals surface area contributed by atoms with Gasteiger partial charge in [0, 0.05) is 6.04 Å². The molecule has 0 rings (SSSR count). The van der Waals surface area contributed by atoms with E-state index < -0.39 is 0 Å². The highest BCUT2D eigenvalue weighted by Gasteiger charge is 1.98. The molecular formula is C11H19N. The van der Waals surface area contributed by atoms with E-state index in [0.717, 1.165) is 12.8 Å². The lowest BCUT2D eigenvalue weighted by atomic mass is 10.0. The van der Waals surface area contributed by atoms with Crippen molar-refractivity contribution in [1.82, 2.24) is 0 Å². The van der Waals surface area contributed by atoms with Crippen LogP contribution < -0.4 is 5.73 Å². The minimum Gasteiger partial charge on any atom is -0.328 e. The minimum atomic E-state index is 0.318. The Morgan fingerprint density at radius 3 is 2.50 bits per heavy atom. The van der Waals surface area contributed by atoms with Crippen LogP contribution in [0.15, 0.2) is 12.2 Å². The quantitative estimate of drug-likeness (QED) is 0.636. The summed E-state index contributed by atoms with van der Waals surface area (Å²) in [5.41, 5.74) is 5.64. The zero-order valence-electron chi connectivity index (χ0n) is 8.30. The normalized spacial score (nSPS) is 15.3. The molecule has 0 aliphatic carbocycles. The van der Waals surface area contributed by atoms with E-state index in [9.17, 15) is 0 Å². The van der Waals surface area contributed by atoms with Crippen molar-refractivity contribution in [3.63, 3.8) is 0 Å². The molecule has 0 heterocycles. The Morgan fingerprint density at radius 2 is 2.00 bits per heavy atom. The largest absolute Gasteiger partial charge is 0.328 e. The van der Waals surface area contributed by atoms with Crippen LogP contribution in [0.2, 0.25) is 0 Å². The van der Waals surface area contributed by atoms with Crippen molar-refractivity contribution >= 4 is 0 Å². The van der Waals surface area contributed by atoms with E-state index in [-0.39, 0.29) is 0 Å². The number of allylic oxidation sites excluding steroid dienone is 2. The van der Waals surface area contributed by atoms with Gasteiger partial charge in [-0.15, -0.1) is 5.92 Å². The highest BCUT2D eigenvalue weighted by molar-refractivity contribution is 5.14. The predicted molar refractivity (Wildman–Crippen MR) is 54.6 cm³/mol. The van der Waals surface area contributed by atoms with Crippen LogP contribution >= 0.6 is 0 Å². The summed E-state index contributed by atoms with van der Waals surface area (Å²) in [6.07, 6.45) is 6.30. The number of rotatable bonds is 4. The molecule has 0 aliphatic heterocycles. The number of hydrogen-bond donors (Lipinski definition) is 1. The molecule has 0 radical (unpaired) electrons. The second-order valence-electron chi connectivity index (χ2n) is 3.29. The van der Waals surface area contributed by atoms with E-state index >= 15 is 0 Å². The van der Waals surface area contributed by atoms with Gasteiger partial charge in [-0.2, -0.15) is 0 Å². The molecule has 2 N–H and O–H groups in total. The lowest BCUT2D eigenvalue weighted by Gasteiger charge is -2.07. The Balaban J connectivity index is 3.56. The van der Waals surface area contributed by atoms with Gasteiger partial charge in [0.05, 0.1) is 0 Å². The van der Waals surface area contributed by atoms with E-state index in [1.807, 2.05) is 19.9 Å². The topological polar surface area (TPSA) is 26.0 Å². The summed E-state index contributed by atoms with van der Waals surface area (Å²) < 4.78 is 0. The summed E-state index contributed by atoms with van der Waals surface area (Å²) in [6.45, 7) is 6.08. The molecule has 0 fully saturated rings. The lowest BCUT2D eigenvalue weighted by Crippen LogP contribution is -2.15. The van der Waals surface area contributed by atoms with Gasteiger partial charge in [0.15, 0.2) is 0 Å². The van der Waals surface area contributed by atoms with Crippen molar-refractivity contribution in [2.45, 2.75) is 39.7 Å². The zero-order chi connectivity index (χ0) is 9.40. The highest BCUT2D eigenvalue weighted by atomic mass is 14.6. The Labute approximate surface area is 76.0 Å². The van der Waals surface area contributed by atoms with Crippen molar-refractivity contribution in [2.75, 3.05) is 0 Å². The summed E-state index contributed by atoms with van der Waals surface area (Å²) >= 11 is 0. The van der Waals surface area contributed by atoms with Gasteiger partial charge in [-0.3, -0.25) is 0 Å². The Morgan fingerprint density at radius 1 is 1.33 bits per heavy atom. The predicted octanol–water partition coefficient (Wildman–Crippen LogP) is 2.33. The maximum atomic E-state index is 5.64. The standard InChI is InChI=1S/C11H19N/c1-4-5-6-7-10(2)8-9-11(3)12/h6-7,10-11H,8-9,12H2,1-3H3. The lowest BCUT2D eigenvalue weighted by molar-refractivity contribution is 0.550. The van der Waals surface area contributed by atoms with Crippen molar-refractivity contribution in [1.29, 1.82) is 0 Å². The Bertz CT molecular complexity index is 181. The van der Waals surface area contributed by atoms with E-state index in [2.05, 4.69) is 24.8 Å². The van der Waals surface area contributed by atoms with Crippen molar-refractivity contribution in [3.8, 4) is 11.8 Å². The first-order valence-electron chi connectivity index (χ1n) is 4.51. The van der Waals surface area contributed by atoms with E-state index in [1.54, 1.807) is 0 Å². The molecule has 0 saturated carbocycles. The van der Waals surface area contributed by atoms with Gasteiger partial charge in [-0.1, -0.05) is 18.9 Å². The number of nitrogens with two attached hydrogens (primary N) is 1. The summed E-state index contributed by atoms with van der Waals surface area (Å²) in [6, 6.07) is 0.318. The van der Waals surface area contributed by atoms with Crippen LogP contribution in [0.4, 0.5) is 0 Å². The average Bonchev–Trinajstić information content (AvgIpc) is 2.01. The van der Waals surface area contributed by atoms with Crippen molar-refractivity contribution in [3.05, 3.63) is 12.2 Å². The minimum absolute atomic E-state index is 0.318. The summed E-state index contributed by atoms with van der Waals surface area (Å²) in [4.78, 5) is 0. The first-order chi connectivity index (χ1) is 5.66. The Hall–Kier alpha value is -0.740. The van der Waals surface area contributed by atoms with Gasteiger partial charge in [-0.05, 0) is 38.7 Å². The maximum Gasteiger partial charge on any atom is 0.00106 e. The van der Waals surface area contributed by atoms with Crippen LogP contribution in [0, 0.1) is 17.8 Å². The van der Waals surface area contributed by atoms with Crippen LogP contribution in [0.5, 0.6) is 0 Å². The molecule has 12 heavy (non-hydrogen) atoms. The van der Waals surface area contributed by atoms with Gasteiger partial charge >= 0.3 is 0 Å². The molecular weight excluding hydrogens is 146 g/mol. The molecule has 2 atom stereocenters.